The molecule has 1 atom stereocenters. The zero-order valence-electron chi connectivity index (χ0n) is 20.3. The highest BCUT2D eigenvalue weighted by Crippen LogP contribution is 2.42. The molecule has 0 amide bonds. The van der Waals surface area contributed by atoms with Gasteiger partial charge in [-0.15, -0.1) is 0 Å². The number of rotatable bonds is 8. The predicted molar refractivity (Wildman–Crippen MR) is 116 cm³/mol. The van der Waals surface area contributed by atoms with Crippen molar-refractivity contribution in [2.75, 3.05) is 0 Å². The zero-order valence-corrected chi connectivity index (χ0v) is 21.3. The van der Waals surface area contributed by atoms with Gasteiger partial charge in [-0.05, 0) is 30.6 Å². The van der Waals surface area contributed by atoms with E-state index in [1.165, 1.54) is 19.4 Å². The lowest BCUT2D eigenvalue weighted by atomic mass is 9.86. The van der Waals surface area contributed by atoms with Gasteiger partial charge in [-0.2, -0.15) is 13.2 Å². The van der Waals surface area contributed by atoms with E-state index in [4.69, 9.17) is 4.74 Å². The van der Waals surface area contributed by atoms with Crippen molar-refractivity contribution >= 4 is 14.0 Å². The van der Waals surface area contributed by atoms with Crippen molar-refractivity contribution in [1.29, 1.82) is 0 Å². The molecule has 0 aromatic carbocycles. The summed E-state index contributed by atoms with van der Waals surface area (Å²) in [6.07, 6.45) is -4.09. The summed E-state index contributed by atoms with van der Waals surface area (Å²) >= 11 is 0. The van der Waals surface area contributed by atoms with Crippen molar-refractivity contribution < 1.29 is 22.7 Å². The molecule has 0 saturated heterocycles. The van der Waals surface area contributed by atoms with Gasteiger partial charge in [0.1, 0.15) is 6.10 Å². The molecular weight excluding hydrogens is 381 g/mol. The van der Waals surface area contributed by atoms with Crippen molar-refractivity contribution in [2.45, 2.75) is 113 Å². The summed E-state index contributed by atoms with van der Waals surface area (Å²) in [5.74, 6) is -1.20. The lowest BCUT2D eigenvalue weighted by Gasteiger charge is -2.33. The average Bonchev–Trinajstić information content (AvgIpc) is 2.47. The number of alkyl halides is 3. The van der Waals surface area contributed by atoms with Crippen molar-refractivity contribution in [2.24, 2.45) is 22.7 Å². The van der Waals surface area contributed by atoms with Gasteiger partial charge >= 0.3 is 12.1 Å². The number of hydrogen-bond acceptors (Lipinski definition) is 2. The van der Waals surface area contributed by atoms with Crippen LogP contribution < -0.4 is 0 Å². The van der Waals surface area contributed by atoms with E-state index in [2.05, 4.69) is 40.4 Å². The molecule has 1 unspecified atom stereocenters. The Bertz CT molecular complexity index is 457. The molecule has 28 heavy (non-hydrogen) atoms. The van der Waals surface area contributed by atoms with Crippen molar-refractivity contribution in [3.63, 3.8) is 0 Å². The molecule has 6 heteroatoms. The standard InChI is InChI=1S/C13H23F3O2.C9H22Si/c1-7-12(6,13(14,15)16)11(17)18-10(8(2)3)9(4)5;1-7-9(2,3)8-10(4,5)6/h8-10H,7H2,1-6H3;7-8H2,1-6H3. The Hall–Kier alpha value is -0.523. The van der Waals surface area contributed by atoms with Gasteiger partial charge < -0.3 is 4.74 Å². The van der Waals surface area contributed by atoms with Crippen molar-refractivity contribution in [3.05, 3.63) is 0 Å². The highest BCUT2D eigenvalue weighted by atomic mass is 28.3. The molecule has 0 bridgehead atoms. The van der Waals surface area contributed by atoms with E-state index in [1.807, 2.05) is 27.7 Å². The van der Waals surface area contributed by atoms with E-state index >= 15 is 0 Å². The maximum Gasteiger partial charge on any atom is 0.404 e. The van der Waals surface area contributed by atoms with Crippen LogP contribution >= 0.6 is 0 Å². The van der Waals surface area contributed by atoms with Crippen LogP contribution in [0.3, 0.4) is 0 Å². The van der Waals surface area contributed by atoms with Crippen LogP contribution in [-0.4, -0.2) is 26.3 Å². The van der Waals surface area contributed by atoms with Crippen molar-refractivity contribution in [1.82, 2.24) is 0 Å². The third-order valence-electron chi connectivity index (χ3n) is 5.31. The first-order chi connectivity index (χ1) is 12.2. The Morgan fingerprint density at radius 3 is 1.46 bits per heavy atom. The molecule has 170 valence electrons. The fraction of sp³-hybridized carbons (Fsp3) is 0.955. The van der Waals surface area contributed by atoms with Gasteiger partial charge in [0.05, 0.1) is 0 Å². The normalized spacial score (nSPS) is 15.4. The molecule has 0 heterocycles. The largest absolute Gasteiger partial charge is 0.461 e. The summed E-state index contributed by atoms with van der Waals surface area (Å²) in [4.78, 5) is 11.8. The fourth-order valence-electron chi connectivity index (χ4n) is 3.32. The Kier molecular flexibility index (Phi) is 11.7. The van der Waals surface area contributed by atoms with Crippen LogP contribution in [-0.2, 0) is 9.53 Å². The number of carbonyl (C=O) groups is 1. The van der Waals surface area contributed by atoms with Crippen LogP contribution in [0.1, 0.15) is 75.2 Å². The number of ether oxygens (including phenoxy) is 1. The summed E-state index contributed by atoms with van der Waals surface area (Å²) in [7, 11) is -0.814. The van der Waals surface area contributed by atoms with E-state index in [0.29, 0.717) is 5.41 Å². The molecule has 0 aliphatic heterocycles. The third-order valence-corrected chi connectivity index (χ3v) is 7.32. The van der Waals surface area contributed by atoms with Gasteiger partial charge in [0.2, 0.25) is 0 Å². The summed E-state index contributed by atoms with van der Waals surface area (Å²) in [6, 6.07) is 1.45. The SMILES string of the molecule is CCC(C)(C(=O)OC(C(C)C)C(C)C)C(F)(F)F.CCC(C)(C)C[Si](C)(C)C. The second kappa shape index (κ2) is 11.0. The minimum absolute atomic E-state index is 0.0108. The number of esters is 1. The lowest BCUT2D eigenvalue weighted by Crippen LogP contribution is -2.45. The maximum atomic E-state index is 12.9. The quantitative estimate of drug-likeness (QED) is 0.291. The van der Waals surface area contributed by atoms with E-state index in [-0.39, 0.29) is 18.3 Å². The average molecular weight is 427 g/mol. The highest BCUT2D eigenvalue weighted by molar-refractivity contribution is 6.76. The molecule has 0 aliphatic carbocycles. The summed E-state index contributed by atoms with van der Waals surface area (Å²) < 4.78 is 43.8. The summed E-state index contributed by atoms with van der Waals surface area (Å²) in [5, 5.41) is 0. The second-order valence-electron chi connectivity index (χ2n) is 10.8. The van der Waals surface area contributed by atoms with E-state index in [0.717, 1.165) is 6.92 Å². The van der Waals surface area contributed by atoms with E-state index < -0.39 is 31.7 Å². The summed E-state index contributed by atoms with van der Waals surface area (Å²) in [5.41, 5.74) is -1.83. The highest BCUT2D eigenvalue weighted by Gasteiger charge is 2.57. The molecule has 0 aliphatic rings. The molecule has 0 spiro atoms. The smallest absolute Gasteiger partial charge is 0.404 e. The van der Waals surface area contributed by atoms with Crippen molar-refractivity contribution in [3.8, 4) is 0 Å². The number of halogens is 3. The molecule has 0 aromatic rings. The van der Waals surface area contributed by atoms with E-state index in [1.54, 1.807) is 0 Å². The van der Waals surface area contributed by atoms with Gasteiger partial charge in [0.15, 0.2) is 5.41 Å². The minimum atomic E-state index is -4.59. The Morgan fingerprint density at radius 1 is 0.893 bits per heavy atom. The minimum Gasteiger partial charge on any atom is -0.461 e. The first-order valence-corrected chi connectivity index (χ1v) is 14.2. The molecule has 0 saturated carbocycles. The van der Waals surface area contributed by atoms with Crippen LogP contribution in [0.5, 0.6) is 0 Å². The van der Waals surface area contributed by atoms with Gasteiger partial charge in [0.25, 0.3) is 0 Å². The van der Waals surface area contributed by atoms with Crippen LogP contribution in [0.4, 0.5) is 13.2 Å². The topological polar surface area (TPSA) is 26.3 Å². The Morgan fingerprint density at radius 2 is 1.29 bits per heavy atom. The van der Waals surface area contributed by atoms with Gasteiger partial charge in [0, 0.05) is 8.07 Å². The van der Waals surface area contributed by atoms with Crippen LogP contribution in [0.25, 0.3) is 0 Å². The molecule has 2 nitrogen and oxygen atoms in total. The first kappa shape index (κ1) is 29.7. The first-order valence-electron chi connectivity index (χ1n) is 10.5. The van der Waals surface area contributed by atoms with E-state index in [9.17, 15) is 18.0 Å². The Labute approximate surface area is 173 Å². The zero-order chi connectivity index (χ0) is 23.1. The summed E-state index contributed by atoms with van der Waals surface area (Å²) in [6.45, 7) is 23.9. The number of hydrogen-bond donors (Lipinski definition) is 0. The van der Waals surface area contributed by atoms with Gasteiger partial charge in [-0.1, -0.05) is 87.5 Å². The molecule has 0 N–H and O–H groups in total. The van der Waals surface area contributed by atoms with Crippen LogP contribution in [0.15, 0.2) is 0 Å². The van der Waals surface area contributed by atoms with Gasteiger partial charge in [-0.25, -0.2) is 0 Å². The molecule has 0 radical (unpaired) electrons. The third kappa shape index (κ3) is 10.3. The molecule has 0 aromatic heterocycles. The Balaban J connectivity index is 0. The lowest BCUT2D eigenvalue weighted by molar-refractivity contribution is -0.235. The monoisotopic (exact) mass is 426 g/mol. The van der Waals surface area contributed by atoms with Gasteiger partial charge in [-0.3, -0.25) is 4.79 Å². The van der Waals surface area contributed by atoms with Crippen LogP contribution in [0, 0.1) is 22.7 Å². The maximum absolute atomic E-state index is 12.9. The fourth-order valence-corrected chi connectivity index (χ4v) is 6.44. The predicted octanol–water partition coefficient (Wildman–Crippen LogP) is 7.95. The van der Waals surface area contributed by atoms with Crippen LogP contribution in [0.2, 0.25) is 25.7 Å². The molecule has 0 fully saturated rings. The second-order valence-corrected chi connectivity index (χ2v) is 16.3. The number of carbonyl (C=O) groups excluding carboxylic acids is 1. The molecular formula is C22H45F3O2Si. The molecule has 0 rings (SSSR count).